The van der Waals surface area contributed by atoms with Crippen molar-refractivity contribution in [1.29, 1.82) is 0 Å². The van der Waals surface area contributed by atoms with E-state index in [9.17, 15) is 4.79 Å². The first-order valence-corrected chi connectivity index (χ1v) is 8.64. The Kier molecular flexibility index (Phi) is 7.70. The lowest BCUT2D eigenvalue weighted by atomic mass is 10.2. The molecule has 0 aliphatic carbocycles. The lowest BCUT2D eigenvalue weighted by molar-refractivity contribution is 0.0954. The maximum atomic E-state index is 12.3. The van der Waals surface area contributed by atoms with E-state index in [1.807, 2.05) is 6.92 Å². The molecule has 0 aliphatic heterocycles. The van der Waals surface area contributed by atoms with Crippen LogP contribution in [0.1, 0.15) is 22.8 Å². The minimum Gasteiger partial charge on any atom is -0.493 e. The summed E-state index contributed by atoms with van der Waals surface area (Å²) in [7, 11) is 1.52. The van der Waals surface area contributed by atoms with Crippen LogP contribution in [0.3, 0.4) is 0 Å². The van der Waals surface area contributed by atoms with E-state index in [-0.39, 0.29) is 5.91 Å². The molecule has 0 saturated heterocycles. The van der Waals surface area contributed by atoms with Gasteiger partial charge in [0.05, 0.1) is 19.9 Å². The van der Waals surface area contributed by atoms with Gasteiger partial charge in [0, 0.05) is 16.1 Å². The topological polar surface area (TPSA) is 69.2 Å². The minimum absolute atomic E-state index is 0.348. The summed E-state index contributed by atoms with van der Waals surface area (Å²) in [4.78, 5) is 12.3. The molecule has 0 radical (unpaired) electrons. The van der Waals surface area contributed by atoms with E-state index in [2.05, 4.69) is 17.1 Å². The van der Waals surface area contributed by atoms with Crippen molar-refractivity contribution in [3.63, 3.8) is 0 Å². The number of nitrogens with zero attached hydrogens (tertiary/aromatic N) is 1. The van der Waals surface area contributed by atoms with Crippen molar-refractivity contribution in [2.24, 2.45) is 5.10 Å². The fourth-order valence-electron chi connectivity index (χ4n) is 2.21. The Hall–Kier alpha value is -2.99. The largest absolute Gasteiger partial charge is 0.493 e. The summed E-state index contributed by atoms with van der Waals surface area (Å²) in [5.74, 6) is 1.25. The van der Waals surface area contributed by atoms with Crippen molar-refractivity contribution in [2.75, 3.05) is 20.3 Å². The molecule has 1 N–H and O–H groups in total. The SMILES string of the molecule is C=CCOc1ccc(Cl)cc1/C=N/NC(=O)c1ccc(OCC)c(OC)c1. The number of hydrazone groups is 1. The monoisotopic (exact) mass is 388 g/mol. The molecule has 0 atom stereocenters. The third-order valence-electron chi connectivity index (χ3n) is 3.42. The molecule has 1 amide bonds. The fraction of sp³-hybridized carbons (Fsp3) is 0.200. The number of hydrogen-bond acceptors (Lipinski definition) is 5. The first-order valence-electron chi connectivity index (χ1n) is 8.26. The smallest absolute Gasteiger partial charge is 0.271 e. The molecular weight excluding hydrogens is 368 g/mol. The summed E-state index contributed by atoms with van der Waals surface area (Å²) < 4.78 is 16.2. The molecule has 0 aromatic heterocycles. The fourth-order valence-corrected chi connectivity index (χ4v) is 2.39. The summed E-state index contributed by atoms with van der Waals surface area (Å²) in [5, 5.41) is 4.51. The van der Waals surface area contributed by atoms with Gasteiger partial charge in [-0.15, -0.1) is 0 Å². The van der Waals surface area contributed by atoms with Gasteiger partial charge < -0.3 is 14.2 Å². The van der Waals surface area contributed by atoms with E-state index in [1.165, 1.54) is 13.3 Å². The van der Waals surface area contributed by atoms with E-state index in [0.717, 1.165) is 0 Å². The van der Waals surface area contributed by atoms with E-state index >= 15 is 0 Å². The Morgan fingerprint density at radius 1 is 1.19 bits per heavy atom. The van der Waals surface area contributed by atoms with Crippen LogP contribution < -0.4 is 19.6 Å². The lowest BCUT2D eigenvalue weighted by Gasteiger charge is -2.10. The van der Waals surface area contributed by atoms with Gasteiger partial charge in [-0.25, -0.2) is 5.43 Å². The van der Waals surface area contributed by atoms with Gasteiger partial charge in [-0.3, -0.25) is 4.79 Å². The van der Waals surface area contributed by atoms with Crippen molar-refractivity contribution in [2.45, 2.75) is 6.92 Å². The molecule has 142 valence electrons. The Morgan fingerprint density at radius 3 is 2.67 bits per heavy atom. The van der Waals surface area contributed by atoms with E-state index in [1.54, 1.807) is 42.5 Å². The quantitative estimate of drug-likeness (QED) is 0.399. The van der Waals surface area contributed by atoms with Gasteiger partial charge in [0.15, 0.2) is 11.5 Å². The highest BCUT2D eigenvalue weighted by Gasteiger charge is 2.10. The van der Waals surface area contributed by atoms with Crippen LogP contribution >= 0.6 is 11.6 Å². The second kappa shape index (κ2) is 10.2. The van der Waals surface area contributed by atoms with Crippen LogP contribution in [0.5, 0.6) is 17.2 Å². The van der Waals surface area contributed by atoms with Gasteiger partial charge in [0.2, 0.25) is 0 Å². The Morgan fingerprint density at radius 2 is 1.96 bits per heavy atom. The molecular formula is C20H21ClN2O4. The molecule has 2 aromatic rings. The second-order valence-electron chi connectivity index (χ2n) is 5.28. The van der Waals surface area contributed by atoms with Gasteiger partial charge in [0.25, 0.3) is 5.91 Å². The van der Waals surface area contributed by atoms with Crippen LogP contribution in [0.15, 0.2) is 54.2 Å². The average Bonchev–Trinajstić information content (AvgIpc) is 2.67. The Labute approximate surface area is 163 Å². The number of nitrogens with one attached hydrogen (secondary N) is 1. The van der Waals surface area contributed by atoms with Crippen molar-refractivity contribution < 1.29 is 19.0 Å². The van der Waals surface area contributed by atoms with Crippen LogP contribution in [-0.4, -0.2) is 32.4 Å². The zero-order valence-electron chi connectivity index (χ0n) is 15.2. The number of rotatable bonds is 9. The molecule has 27 heavy (non-hydrogen) atoms. The second-order valence-corrected chi connectivity index (χ2v) is 5.72. The average molecular weight is 389 g/mol. The number of halogens is 1. The summed E-state index contributed by atoms with van der Waals surface area (Å²) in [6, 6.07) is 10.0. The van der Waals surface area contributed by atoms with Crippen LogP contribution in [0.4, 0.5) is 0 Å². The zero-order chi connectivity index (χ0) is 19.6. The summed E-state index contributed by atoms with van der Waals surface area (Å²) in [6.07, 6.45) is 3.10. The van der Waals surface area contributed by atoms with Crippen LogP contribution in [-0.2, 0) is 0 Å². The van der Waals surface area contributed by atoms with E-state index < -0.39 is 0 Å². The molecule has 0 heterocycles. The Balaban J connectivity index is 2.11. The Bertz CT molecular complexity index is 837. The molecule has 0 unspecified atom stereocenters. The van der Waals surface area contributed by atoms with E-state index in [4.69, 9.17) is 25.8 Å². The van der Waals surface area contributed by atoms with Crippen molar-refractivity contribution in [1.82, 2.24) is 5.43 Å². The number of carbonyl (C=O) groups excluding carboxylic acids is 1. The molecule has 7 heteroatoms. The first-order chi connectivity index (χ1) is 13.1. The van der Waals surface area contributed by atoms with Crippen LogP contribution in [0.2, 0.25) is 5.02 Å². The maximum absolute atomic E-state index is 12.3. The molecule has 2 aromatic carbocycles. The highest BCUT2D eigenvalue weighted by atomic mass is 35.5. The number of amides is 1. The zero-order valence-corrected chi connectivity index (χ0v) is 16.0. The van der Waals surface area contributed by atoms with Crippen molar-refractivity contribution in [3.05, 3.63) is 65.2 Å². The molecule has 0 saturated carbocycles. The van der Waals surface area contributed by atoms with Gasteiger partial charge >= 0.3 is 0 Å². The molecule has 0 aliphatic rings. The van der Waals surface area contributed by atoms with Gasteiger partial charge in [0.1, 0.15) is 12.4 Å². The molecule has 2 rings (SSSR count). The molecule has 0 fully saturated rings. The van der Waals surface area contributed by atoms with Crippen molar-refractivity contribution >= 4 is 23.7 Å². The maximum Gasteiger partial charge on any atom is 0.271 e. The molecule has 6 nitrogen and oxygen atoms in total. The third-order valence-corrected chi connectivity index (χ3v) is 3.66. The highest BCUT2D eigenvalue weighted by Crippen LogP contribution is 2.28. The molecule has 0 spiro atoms. The van der Waals surface area contributed by atoms with E-state index in [0.29, 0.717) is 46.6 Å². The number of carbonyl (C=O) groups is 1. The normalized spacial score (nSPS) is 10.5. The summed E-state index contributed by atoms with van der Waals surface area (Å²) in [5.41, 5.74) is 3.49. The predicted octanol–water partition coefficient (Wildman–Crippen LogP) is 4.08. The number of benzene rings is 2. The third kappa shape index (κ3) is 5.76. The standard InChI is InChI=1S/C20H21ClN2O4/c1-4-10-27-17-9-7-16(21)11-15(17)13-22-23-20(24)14-6-8-18(26-5-2)19(12-14)25-3/h4,6-9,11-13H,1,5,10H2,2-3H3,(H,23,24)/b22-13+. The van der Waals surface area contributed by atoms with Gasteiger partial charge in [-0.05, 0) is 43.3 Å². The molecule has 0 bridgehead atoms. The number of hydrogen-bond donors (Lipinski definition) is 1. The first kappa shape index (κ1) is 20.3. The van der Waals surface area contributed by atoms with Gasteiger partial charge in [-0.2, -0.15) is 5.10 Å². The predicted molar refractivity (Wildman–Crippen MR) is 106 cm³/mol. The highest BCUT2D eigenvalue weighted by molar-refractivity contribution is 6.30. The van der Waals surface area contributed by atoms with Crippen molar-refractivity contribution in [3.8, 4) is 17.2 Å². The summed E-state index contributed by atoms with van der Waals surface area (Å²) in [6.45, 7) is 6.34. The van der Waals surface area contributed by atoms with Crippen LogP contribution in [0, 0.1) is 0 Å². The number of methoxy groups -OCH3 is 1. The van der Waals surface area contributed by atoms with Gasteiger partial charge in [-0.1, -0.05) is 24.3 Å². The minimum atomic E-state index is -0.386. The van der Waals surface area contributed by atoms with Crippen LogP contribution in [0.25, 0.3) is 0 Å². The summed E-state index contributed by atoms with van der Waals surface area (Å²) >= 11 is 6.01. The number of ether oxygens (including phenoxy) is 3. The lowest BCUT2D eigenvalue weighted by Crippen LogP contribution is -2.17.